The Morgan fingerprint density at radius 1 is 1.14 bits per heavy atom. The Morgan fingerprint density at radius 2 is 1.86 bits per heavy atom. The molecule has 0 aliphatic carbocycles. The van der Waals surface area contributed by atoms with Gasteiger partial charge in [0.15, 0.2) is 0 Å². The largest absolute Gasteiger partial charge is 0.399 e. The van der Waals surface area contributed by atoms with Crippen LogP contribution in [0.4, 0.5) is 10.1 Å². The molecule has 0 aliphatic heterocycles. The normalized spacial score (nSPS) is 10.4. The molecule has 110 valence electrons. The van der Waals surface area contributed by atoms with Crippen LogP contribution in [0.15, 0.2) is 48.5 Å². The van der Waals surface area contributed by atoms with E-state index in [0.29, 0.717) is 24.3 Å². The summed E-state index contributed by atoms with van der Waals surface area (Å²) in [6, 6.07) is 13.6. The van der Waals surface area contributed by atoms with Gasteiger partial charge in [-0.25, -0.2) is 4.39 Å². The molecule has 2 rings (SSSR count). The van der Waals surface area contributed by atoms with Crippen molar-refractivity contribution in [1.82, 2.24) is 4.90 Å². The molecular weight excluding hydrogens is 267 g/mol. The average molecular weight is 286 g/mol. The van der Waals surface area contributed by atoms with Gasteiger partial charge in [-0.1, -0.05) is 24.3 Å². The second-order valence-electron chi connectivity index (χ2n) is 4.96. The molecule has 0 fully saturated rings. The Balaban J connectivity index is 2.05. The number of hydrogen-bond donors (Lipinski definition) is 1. The van der Waals surface area contributed by atoms with E-state index in [0.717, 1.165) is 5.56 Å². The molecule has 2 N–H and O–H groups in total. The lowest BCUT2D eigenvalue weighted by Gasteiger charge is -2.21. The molecule has 0 atom stereocenters. The van der Waals surface area contributed by atoms with Crippen molar-refractivity contribution in [3.05, 3.63) is 65.5 Å². The third-order valence-corrected chi connectivity index (χ3v) is 3.30. The molecule has 0 unspecified atom stereocenters. The smallest absolute Gasteiger partial charge is 0.227 e. The fraction of sp³-hybridized carbons (Fsp3) is 0.235. The number of benzene rings is 2. The number of carbonyl (C=O) groups excluding carboxylic acids is 1. The number of carbonyl (C=O) groups is 1. The Morgan fingerprint density at radius 3 is 2.52 bits per heavy atom. The quantitative estimate of drug-likeness (QED) is 0.859. The summed E-state index contributed by atoms with van der Waals surface area (Å²) < 4.78 is 13.2. The van der Waals surface area contributed by atoms with Crippen LogP contribution in [0.25, 0.3) is 0 Å². The second kappa shape index (κ2) is 6.88. The van der Waals surface area contributed by atoms with E-state index in [2.05, 4.69) is 0 Å². The lowest BCUT2D eigenvalue weighted by Crippen LogP contribution is -2.31. The zero-order valence-electron chi connectivity index (χ0n) is 12.1. The van der Waals surface area contributed by atoms with Gasteiger partial charge in [0.05, 0.1) is 6.42 Å². The minimum absolute atomic E-state index is 0.0227. The van der Waals surface area contributed by atoms with Gasteiger partial charge in [-0.2, -0.15) is 0 Å². The summed E-state index contributed by atoms with van der Waals surface area (Å²) in [7, 11) is 0. The first-order valence-corrected chi connectivity index (χ1v) is 6.95. The predicted octanol–water partition coefficient (Wildman–Crippen LogP) is 3.00. The number of anilines is 1. The lowest BCUT2D eigenvalue weighted by atomic mass is 10.1. The van der Waals surface area contributed by atoms with Crippen LogP contribution in [0.5, 0.6) is 0 Å². The van der Waals surface area contributed by atoms with Crippen LogP contribution in [-0.4, -0.2) is 17.4 Å². The van der Waals surface area contributed by atoms with Gasteiger partial charge in [0.1, 0.15) is 5.82 Å². The Kier molecular flexibility index (Phi) is 4.93. The van der Waals surface area contributed by atoms with Gasteiger partial charge in [-0.15, -0.1) is 0 Å². The van der Waals surface area contributed by atoms with Crippen molar-refractivity contribution >= 4 is 11.6 Å². The van der Waals surface area contributed by atoms with Crippen LogP contribution in [0.1, 0.15) is 18.1 Å². The Labute approximate surface area is 124 Å². The SMILES string of the molecule is CCN(Cc1cccc(N)c1)C(=O)Cc1cccc(F)c1. The number of nitrogen functional groups attached to an aromatic ring is 1. The molecule has 2 aromatic carbocycles. The standard InChI is InChI=1S/C17H19FN2O/c1-2-20(12-14-6-4-8-16(19)10-14)17(21)11-13-5-3-7-15(18)9-13/h3-10H,2,11-12,19H2,1H3. The van der Waals surface area contributed by atoms with Crippen LogP contribution in [0, 0.1) is 5.82 Å². The molecule has 0 radical (unpaired) electrons. The van der Waals surface area contributed by atoms with Gasteiger partial charge >= 0.3 is 0 Å². The van der Waals surface area contributed by atoms with E-state index < -0.39 is 0 Å². The minimum atomic E-state index is -0.320. The highest BCUT2D eigenvalue weighted by molar-refractivity contribution is 5.78. The number of nitrogens with zero attached hydrogens (tertiary/aromatic N) is 1. The third-order valence-electron chi connectivity index (χ3n) is 3.30. The van der Waals surface area contributed by atoms with Gasteiger partial charge in [0.2, 0.25) is 5.91 Å². The number of nitrogens with two attached hydrogens (primary N) is 1. The Hall–Kier alpha value is -2.36. The van der Waals surface area contributed by atoms with Crippen LogP contribution < -0.4 is 5.73 Å². The number of rotatable bonds is 5. The molecule has 0 aromatic heterocycles. The van der Waals surface area contributed by atoms with E-state index in [1.807, 2.05) is 31.2 Å². The summed E-state index contributed by atoms with van der Waals surface area (Å²) in [5.74, 6) is -0.343. The fourth-order valence-electron chi connectivity index (χ4n) is 2.22. The molecular formula is C17H19FN2O. The first-order chi connectivity index (χ1) is 10.1. The van der Waals surface area contributed by atoms with E-state index in [-0.39, 0.29) is 18.1 Å². The summed E-state index contributed by atoms with van der Waals surface area (Å²) in [5, 5.41) is 0. The van der Waals surface area contributed by atoms with Crippen molar-refractivity contribution in [2.24, 2.45) is 0 Å². The topological polar surface area (TPSA) is 46.3 Å². The van der Waals surface area contributed by atoms with Gasteiger partial charge in [0.25, 0.3) is 0 Å². The summed E-state index contributed by atoms with van der Waals surface area (Å²) >= 11 is 0. The van der Waals surface area contributed by atoms with E-state index in [9.17, 15) is 9.18 Å². The highest BCUT2D eigenvalue weighted by Crippen LogP contribution is 2.12. The maximum absolute atomic E-state index is 13.2. The first-order valence-electron chi connectivity index (χ1n) is 6.95. The number of halogens is 1. The summed E-state index contributed by atoms with van der Waals surface area (Å²) in [6.07, 6.45) is 0.202. The Bertz CT molecular complexity index is 628. The number of hydrogen-bond acceptors (Lipinski definition) is 2. The molecule has 0 saturated carbocycles. The lowest BCUT2D eigenvalue weighted by molar-refractivity contribution is -0.130. The zero-order chi connectivity index (χ0) is 15.2. The van der Waals surface area contributed by atoms with Crippen molar-refractivity contribution < 1.29 is 9.18 Å². The maximum atomic E-state index is 13.2. The number of amides is 1. The van der Waals surface area contributed by atoms with Gasteiger partial charge in [-0.3, -0.25) is 4.79 Å². The van der Waals surface area contributed by atoms with E-state index >= 15 is 0 Å². The van der Waals surface area contributed by atoms with Gasteiger partial charge < -0.3 is 10.6 Å². The van der Waals surface area contributed by atoms with Crippen molar-refractivity contribution in [2.45, 2.75) is 19.9 Å². The van der Waals surface area contributed by atoms with Crippen LogP contribution in [0.3, 0.4) is 0 Å². The molecule has 3 nitrogen and oxygen atoms in total. The molecule has 21 heavy (non-hydrogen) atoms. The molecule has 4 heteroatoms. The van der Waals surface area contributed by atoms with Crippen LogP contribution >= 0.6 is 0 Å². The van der Waals surface area contributed by atoms with Crippen molar-refractivity contribution in [3.8, 4) is 0 Å². The molecule has 0 heterocycles. The summed E-state index contributed by atoms with van der Waals surface area (Å²) in [5.41, 5.74) is 8.10. The highest BCUT2D eigenvalue weighted by atomic mass is 19.1. The van der Waals surface area contributed by atoms with Crippen molar-refractivity contribution in [1.29, 1.82) is 0 Å². The summed E-state index contributed by atoms with van der Waals surface area (Å²) in [4.78, 5) is 14.1. The predicted molar refractivity (Wildman–Crippen MR) is 82.0 cm³/mol. The minimum Gasteiger partial charge on any atom is -0.399 e. The van der Waals surface area contributed by atoms with E-state index in [4.69, 9.17) is 5.73 Å². The zero-order valence-corrected chi connectivity index (χ0v) is 12.1. The average Bonchev–Trinajstić information content (AvgIpc) is 2.44. The molecule has 0 bridgehead atoms. The second-order valence-corrected chi connectivity index (χ2v) is 4.96. The fourth-order valence-corrected chi connectivity index (χ4v) is 2.22. The maximum Gasteiger partial charge on any atom is 0.227 e. The number of likely N-dealkylation sites (N-methyl/N-ethyl adjacent to an activating group) is 1. The molecule has 0 aliphatic rings. The molecule has 2 aromatic rings. The monoisotopic (exact) mass is 286 g/mol. The highest BCUT2D eigenvalue weighted by Gasteiger charge is 2.13. The van der Waals surface area contributed by atoms with Crippen molar-refractivity contribution in [3.63, 3.8) is 0 Å². The van der Waals surface area contributed by atoms with E-state index in [1.54, 1.807) is 17.0 Å². The van der Waals surface area contributed by atoms with Gasteiger partial charge in [0, 0.05) is 18.8 Å². The summed E-state index contributed by atoms with van der Waals surface area (Å²) in [6.45, 7) is 3.04. The van der Waals surface area contributed by atoms with Crippen molar-refractivity contribution in [2.75, 3.05) is 12.3 Å². The first kappa shape index (κ1) is 15.0. The molecule has 0 spiro atoms. The van der Waals surface area contributed by atoms with Gasteiger partial charge in [-0.05, 0) is 42.3 Å². The molecule has 1 amide bonds. The van der Waals surface area contributed by atoms with Crippen LogP contribution in [-0.2, 0) is 17.8 Å². The van der Waals surface area contributed by atoms with Crippen LogP contribution in [0.2, 0.25) is 0 Å². The molecule has 0 saturated heterocycles. The van der Waals surface area contributed by atoms with E-state index in [1.165, 1.54) is 12.1 Å². The third kappa shape index (κ3) is 4.31.